The van der Waals surface area contributed by atoms with E-state index in [1.165, 1.54) is 11.3 Å². The van der Waals surface area contributed by atoms with Gasteiger partial charge in [-0.2, -0.15) is 0 Å². The smallest absolute Gasteiger partial charge is 0.263 e. The Labute approximate surface area is 109 Å². The zero-order valence-electron chi connectivity index (χ0n) is 9.53. The summed E-state index contributed by atoms with van der Waals surface area (Å²) in [4.78, 5) is 6.63. The quantitative estimate of drug-likeness (QED) is 0.907. The van der Waals surface area contributed by atoms with Gasteiger partial charge in [0.05, 0.1) is 6.54 Å². The summed E-state index contributed by atoms with van der Waals surface area (Å²) in [5, 5.41) is 0.493. The summed E-state index contributed by atoms with van der Waals surface area (Å²) in [6.07, 6.45) is 2.21. The van der Waals surface area contributed by atoms with Crippen LogP contribution in [0.15, 0.2) is 6.20 Å². The minimum atomic E-state index is -2.57. The maximum absolute atomic E-state index is 13.5. The van der Waals surface area contributed by atoms with Crippen LogP contribution in [0.3, 0.4) is 0 Å². The highest BCUT2D eigenvalue weighted by Crippen LogP contribution is 2.33. The Bertz CT molecular complexity index is 372. The molecule has 1 aromatic heterocycles. The van der Waals surface area contributed by atoms with Crippen molar-refractivity contribution in [2.45, 2.75) is 25.8 Å². The van der Waals surface area contributed by atoms with Crippen molar-refractivity contribution in [2.75, 3.05) is 18.8 Å². The highest BCUT2D eigenvalue weighted by atomic mass is 35.5. The first-order valence-electron chi connectivity index (χ1n) is 5.28. The van der Waals surface area contributed by atoms with Gasteiger partial charge in [0.15, 0.2) is 5.13 Å². The molecule has 1 aliphatic rings. The van der Waals surface area contributed by atoms with E-state index in [9.17, 15) is 8.78 Å². The minimum Gasteiger partial charge on any atom is -0.375 e. The molecular weight excluding hydrogens is 268 g/mol. The van der Waals surface area contributed by atoms with E-state index in [2.05, 4.69) is 4.98 Å². The lowest BCUT2D eigenvalue weighted by atomic mass is 9.95. The highest BCUT2D eigenvalue weighted by Gasteiger charge is 2.41. The summed E-state index contributed by atoms with van der Waals surface area (Å²) >= 11 is 1.36. The monoisotopic (exact) mass is 283 g/mol. The molecular formula is C10H16ClF2N3S. The van der Waals surface area contributed by atoms with Crippen LogP contribution in [-0.2, 0) is 6.54 Å². The van der Waals surface area contributed by atoms with E-state index >= 15 is 0 Å². The van der Waals surface area contributed by atoms with Gasteiger partial charge in [-0.1, -0.05) is 6.92 Å². The standard InChI is InChI=1S/C10H15F2N3S.ClH/c1-7-2-3-15(6-10(7,11)12)5-8-4-14-9(13)16-8;/h4,7H,2-3,5-6H2,1H3,(H2,13,14);1H. The number of alkyl halides is 2. The first-order valence-corrected chi connectivity index (χ1v) is 6.09. The molecule has 2 rings (SSSR count). The average molecular weight is 284 g/mol. The lowest BCUT2D eigenvalue weighted by Gasteiger charge is -2.36. The van der Waals surface area contributed by atoms with Gasteiger partial charge in [-0.3, -0.25) is 4.90 Å². The molecule has 0 radical (unpaired) electrons. The number of anilines is 1. The lowest BCUT2D eigenvalue weighted by molar-refractivity contribution is -0.106. The van der Waals surface area contributed by atoms with Gasteiger partial charge in [-0.25, -0.2) is 13.8 Å². The van der Waals surface area contributed by atoms with Crippen LogP contribution < -0.4 is 5.73 Å². The van der Waals surface area contributed by atoms with Crippen LogP contribution in [0, 0.1) is 5.92 Å². The number of aromatic nitrogens is 1. The summed E-state index contributed by atoms with van der Waals surface area (Å²) in [7, 11) is 0. The number of halogens is 3. The van der Waals surface area contributed by atoms with Gasteiger partial charge >= 0.3 is 0 Å². The summed E-state index contributed by atoms with van der Waals surface area (Å²) in [6.45, 7) is 2.69. The molecule has 1 aromatic rings. The SMILES string of the molecule is CC1CCN(Cc2cnc(N)s2)CC1(F)F.Cl. The fraction of sp³-hybridized carbons (Fsp3) is 0.700. The van der Waals surface area contributed by atoms with Crippen molar-refractivity contribution in [3.8, 4) is 0 Å². The number of thiazole rings is 1. The van der Waals surface area contributed by atoms with E-state index < -0.39 is 11.8 Å². The van der Waals surface area contributed by atoms with Crippen LogP contribution in [0.25, 0.3) is 0 Å². The summed E-state index contributed by atoms with van der Waals surface area (Å²) < 4.78 is 27.0. The van der Waals surface area contributed by atoms with Crippen LogP contribution in [0.2, 0.25) is 0 Å². The Balaban J connectivity index is 0.00000144. The Kier molecular flexibility index (Phi) is 4.69. The van der Waals surface area contributed by atoms with Gasteiger partial charge in [0.1, 0.15) is 0 Å². The Morgan fingerprint density at radius 3 is 2.88 bits per heavy atom. The molecule has 1 aliphatic heterocycles. The van der Waals surface area contributed by atoms with Gasteiger partial charge in [0.25, 0.3) is 5.92 Å². The van der Waals surface area contributed by atoms with Gasteiger partial charge in [0, 0.05) is 23.5 Å². The topological polar surface area (TPSA) is 42.2 Å². The molecule has 7 heteroatoms. The van der Waals surface area contributed by atoms with Crippen molar-refractivity contribution in [1.82, 2.24) is 9.88 Å². The van der Waals surface area contributed by atoms with Gasteiger partial charge in [0.2, 0.25) is 0 Å². The normalized spacial score (nSPS) is 24.3. The third-order valence-electron chi connectivity index (χ3n) is 2.98. The highest BCUT2D eigenvalue weighted by molar-refractivity contribution is 7.15. The number of hydrogen-bond donors (Lipinski definition) is 1. The molecule has 0 amide bonds. The zero-order valence-corrected chi connectivity index (χ0v) is 11.2. The van der Waals surface area contributed by atoms with E-state index in [-0.39, 0.29) is 19.0 Å². The number of likely N-dealkylation sites (tertiary alicyclic amines) is 1. The molecule has 3 nitrogen and oxygen atoms in total. The second-order valence-electron chi connectivity index (χ2n) is 4.33. The van der Waals surface area contributed by atoms with Crippen molar-refractivity contribution in [3.63, 3.8) is 0 Å². The van der Waals surface area contributed by atoms with E-state index in [4.69, 9.17) is 5.73 Å². The number of nitrogens with two attached hydrogens (primary N) is 1. The van der Waals surface area contributed by atoms with Crippen LogP contribution in [0.4, 0.5) is 13.9 Å². The summed E-state index contributed by atoms with van der Waals surface area (Å²) in [5.41, 5.74) is 5.50. The minimum absolute atomic E-state index is 0. The molecule has 98 valence electrons. The largest absolute Gasteiger partial charge is 0.375 e. The van der Waals surface area contributed by atoms with Crippen LogP contribution in [0.5, 0.6) is 0 Å². The molecule has 1 saturated heterocycles. The summed E-state index contributed by atoms with van der Waals surface area (Å²) in [5.74, 6) is -3.09. The molecule has 0 bridgehead atoms. The number of nitrogen functional groups attached to an aromatic ring is 1. The van der Waals surface area contributed by atoms with Crippen molar-refractivity contribution in [1.29, 1.82) is 0 Å². The van der Waals surface area contributed by atoms with Gasteiger partial charge in [-0.05, 0) is 13.0 Å². The molecule has 0 aromatic carbocycles. The molecule has 2 heterocycles. The van der Waals surface area contributed by atoms with Crippen molar-refractivity contribution in [2.24, 2.45) is 5.92 Å². The predicted octanol–water partition coefficient (Wildman–Crippen LogP) is 2.62. The number of piperidine rings is 1. The average Bonchev–Trinajstić information content (AvgIpc) is 2.57. The van der Waals surface area contributed by atoms with Crippen LogP contribution in [-0.4, -0.2) is 28.9 Å². The third kappa shape index (κ3) is 3.50. The first-order chi connectivity index (χ1) is 7.47. The maximum Gasteiger partial charge on any atom is 0.263 e. The molecule has 0 aliphatic carbocycles. The number of hydrogen-bond acceptors (Lipinski definition) is 4. The third-order valence-corrected chi connectivity index (χ3v) is 3.80. The molecule has 1 atom stereocenters. The fourth-order valence-electron chi connectivity index (χ4n) is 1.87. The van der Waals surface area contributed by atoms with Crippen molar-refractivity contribution in [3.05, 3.63) is 11.1 Å². The Morgan fingerprint density at radius 2 is 2.35 bits per heavy atom. The molecule has 17 heavy (non-hydrogen) atoms. The van der Waals surface area contributed by atoms with E-state index in [0.717, 1.165) is 4.88 Å². The van der Waals surface area contributed by atoms with E-state index in [0.29, 0.717) is 24.6 Å². The fourth-order valence-corrected chi connectivity index (χ4v) is 2.60. The van der Waals surface area contributed by atoms with Gasteiger partial charge < -0.3 is 5.73 Å². The molecule has 2 N–H and O–H groups in total. The second kappa shape index (κ2) is 5.46. The molecule has 1 unspecified atom stereocenters. The van der Waals surface area contributed by atoms with Crippen LogP contribution in [0.1, 0.15) is 18.2 Å². The first kappa shape index (κ1) is 14.6. The second-order valence-corrected chi connectivity index (χ2v) is 5.47. The zero-order chi connectivity index (χ0) is 11.8. The van der Waals surface area contributed by atoms with E-state index in [1.807, 2.05) is 0 Å². The van der Waals surface area contributed by atoms with Crippen LogP contribution >= 0.6 is 23.7 Å². The van der Waals surface area contributed by atoms with E-state index in [1.54, 1.807) is 18.0 Å². The van der Waals surface area contributed by atoms with Crippen molar-refractivity contribution >= 4 is 28.9 Å². The van der Waals surface area contributed by atoms with Gasteiger partial charge in [-0.15, -0.1) is 23.7 Å². The lowest BCUT2D eigenvalue weighted by Crippen LogP contribution is -2.46. The number of rotatable bonds is 2. The molecule has 0 spiro atoms. The molecule has 1 fully saturated rings. The summed E-state index contributed by atoms with van der Waals surface area (Å²) in [6, 6.07) is 0. The Hall–Kier alpha value is -0.460. The van der Waals surface area contributed by atoms with Crippen molar-refractivity contribution < 1.29 is 8.78 Å². The molecule has 0 saturated carbocycles. The predicted molar refractivity (Wildman–Crippen MR) is 67.8 cm³/mol. The Morgan fingerprint density at radius 1 is 1.65 bits per heavy atom. The maximum atomic E-state index is 13.5. The number of nitrogens with zero attached hydrogens (tertiary/aromatic N) is 2.